The fraction of sp³-hybridized carbons (Fsp3) is 0.867. The average molecular weight is 335 g/mol. The standard InChI is InChI=1S/C15H24F3N3O2/c1-2-13(22)21-7-6-12(9-21)20-14(23)19-11-5-3-4-10(8-11)15(16,17)18/h10-12H,2-9H2,1H3,(H2,19,20,23)/t10-,11+,12-/m0/s1. The van der Waals surface area contributed by atoms with Gasteiger partial charge in [0.1, 0.15) is 0 Å². The Hall–Kier alpha value is -1.47. The molecule has 0 aromatic carbocycles. The fourth-order valence-corrected chi connectivity index (χ4v) is 3.36. The second-order valence-corrected chi connectivity index (χ2v) is 6.40. The van der Waals surface area contributed by atoms with Crippen molar-refractivity contribution in [2.75, 3.05) is 13.1 Å². The van der Waals surface area contributed by atoms with Gasteiger partial charge in [-0.05, 0) is 25.7 Å². The summed E-state index contributed by atoms with van der Waals surface area (Å²) in [5.41, 5.74) is 0. The fourth-order valence-electron chi connectivity index (χ4n) is 3.36. The lowest BCUT2D eigenvalue weighted by molar-refractivity contribution is -0.183. The summed E-state index contributed by atoms with van der Waals surface area (Å²) in [7, 11) is 0. The summed E-state index contributed by atoms with van der Waals surface area (Å²) in [6, 6.07) is -1.01. The Labute approximate surface area is 134 Å². The van der Waals surface area contributed by atoms with Gasteiger partial charge in [0.05, 0.1) is 5.92 Å². The van der Waals surface area contributed by atoms with Gasteiger partial charge in [-0.25, -0.2) is 4.79 Å². The molecule has 0 bridgehead atoms. The zero-order chi connectivity index (χ0) is 17.0. The van der Waals surface area contributed by atoms with Gasteiger partial charge in [0, 0.05) is 31.6 Å². The summed E-state index contributed by atoms with van der Waals surface area (Å²) in [6.07, 6.45) is -1.96. The lowest BCUT2D eigenvalue weighted by Crippen LogP contribution is -2.49. The molecule has 0 aromatic rings. The van der Waals surface area contributed by atoms with Crippen molar-refractivity contribution in [2.24, 2.45) is 5.92 Å². The lowest BCUT2D eigenvalue weighted by atomic mass is 9.85. The molecule has 8 heteroatoms. The molecule has 23 heavy (non-hydrogen) atoms. The van der Waals surface area contributed by atoms with E-state index >= 15 is 0 Å². The molecule has 3 amide bonds. The van der Waals surface area contributed by atoms with Crippen LogP contribution in [-0.4, -0.2) is 48.2 Å². The molecule has 5 nitrogen and oxygen atoms in total. The molecule has 0 spiro atoms. The maximum Gasteiger partial charge on any atom is 0.391 e. The third-order valence-electron chi connectivity index (χ3n) is 4.65. The van der Waals surface area contributed by atoms with Gasteiger partial charge < -0.3 is 15.5 Å². The highest BCUT2D eigenvalue weighted by molar-refractivity contribution is 5.77. The van der Waals surface area contributed by atoms with Crippen molar-refractivity contribution in [1.82, 2.24) is 15.5 Å². The second-order valence-electron chi connectivity index (χ2n) is 6.40. The van der Waals surface area contributed by atoms with Crippen LogP contribution in [-0.2, 0) is 4.79 Å². The van der Waals surface area contributed by atoms with Crippen LogP contribution in [0.25, 0.3) is 0 Å². The van der Waals surface area contributed by atoms with Crippen LogP contribution in [0.2, 0.25) is 0 Å². The van der Waals surface area contributed by atoms with Gasteiger partial charge in [0.15, 0.2) is 0 Å². The van der Waals surface area contributed by atoms with Crippen molar-refractivity contribution in [2.45, 2.75) is 63.7 Å². The second kappa shape index (κ2) is 7.40. The minimum atomic E-state index is -4.19. The normalized spacial score (nSPS) is 28.5. The Morgan fingerprint density at radius 1 is 1.13 bits per heavy atom. The number of nitrogens with one attached hydrogen (secondary N) is 2. The topological polar surface area (TPSA) is 61.4 Å². The first kappa shape index (κ1) is 17.9. The Morgan fingerprint density at radius 2 is 1.83 bits per heavy atom. The molecule has 1 saturated carbocycles. The van der Waals surface area contributed by atoms with Crippen LogP contribution in [0.5, 0.6) is 0 Å². The molecule has 1 aliphatic heterocycles. The molecule has 2 N–H and O–H groups in total. The van der Waals surface area contributed by atoms with E-state index in [4.69, 9.17) is 0 Å². The van der Waals surface area contributed by atoms with Gasteiger partial charge in [-0.3, -0.25) is 4.79 Å². The van der Waals surface area contributed by atoms with Crippen molar-refractivity contribution < 1.29 is 22.8 Å². The first-order valence-corrected chi connectivity index (χ1v) is 8.21. The minimum Gasteiger partial charge on any atom is -0.341 e. The van der Waals surface area contributed by atoms with Crippen LogP contribution in [0.3, 0.4) is 0 Å². The predicted octanol–water partition coefficient (Wildman–Crippen LogP) is 2.42. The maximum atomic E-state index is 12.8. The quantitative estimate of drug-likeness (QED) is 0.832. The van der Waals surface area contributed by atoms with Crippen molar-refractivity contribution >= 4 is 11.9 Å². The molecule has 3 atom stereocenters. The third kappa shape index (κ3) is 5.00. The smallest absolute Gasteiger partial charge is 0.341 e. The van der Waals surface area contributed by atoms with Crippen molar-refractivity contribution in [3.63, 3.8) is 0 Å². The van der Waals surface area contributed by atoms with Crippen LogP contribution < -0.4 is 10.6 Å². The number of carbonyl (C=O) groups excluding carboxylic acids is 2. The van der Waals surface area contributed by atoms with Gasteiger partial charge in [-0.15, -0.1) is 0 Å². The van der Waals surface area contributed by atoms with Gasteiger partial charge >= 0.3 is 12.2 Å². The number of halogens is 3. The Bertz CT molecular complexity index is 442. The van der Waals surface area contributed by atoms with Crippen molar-refractivity contribution in [3.05, 3.63) is 0 Å². The van der Waals surface area contributed by atoms with Crippen molar-refractivity contribution in [3.8, 4) is 0 Å². The summed E-state index contributed by atoms with van der Waals surface area (Å²) in [4.78, 5) is 25.2. The van der Waals surface area contributed by atoms with Gasteiger partial charge in [0.2, 0.25) is 5.91 Å². The Morgan fingerprint density at radius 3 is 2.48 bits per heavy atom. The van der Waals surface area contributed by atoms with E-state index in [1.165, 1.54) is 0 Å². The summed E-state index contributed by atoms with van der Waals surface area (Å²) in [5, 5.41) is 5.42. The number of urea groups is 1. The number of likely N-dealkylation sites (tertiary alicyclic amines) is 1. The summed E-state index contributed by atoms with van der Waals surface area (Å²) in [6.45, 7) is 2.86. The predicted molar refractivity (Wildman–Crippen MR) is 78.7 cm³/mol. The number of carbonyl (C=O) groups is 2. The van der Waals surface area contributed by atoms with E-state index in [1.54, 1.807) is 11.8 Å². The number of hydrogen-bond donors (Lipinski definition) is 2. The molecule has 2 rings (SSSR count). The molecular formula is C15H24F3N3O2. The molecule has 0 radical (unpaired) electrons. The zero-order valence-corrected chi connectivity index (χ0v) is 13.3. The summed E-state index contributed by atoms with van der Waals surface area (Å²) < 4.78 is 38.3. The number of alkyl halides is 3. The molecule has 1 saturated heterocycles. The number of rotatable bonds is 3. The Kier molecular flexibility index (Phi) is 5.75. The van der Waals surface area contributed by atoms with E-state index in [1.807, 2.05) is 0 Å². The van der Waals surface area contributed by atoms with E-state index in [2.05, 4.69) is 10.6 Å². The van der Waals surface area contributed by atoms with Crippen LogP contribution in [0, 0.1) is 5.92 Å². The highest BCUT2D eigenvalue weighted by atomic mass is 19.4. The van der Waals surface area contributed by atoms with E-state index in [0.717, 1.165) is 0 Å². The first-order valence-electron chi connectivity index (χ1n) is 8.21. The van der Waals surface area contributed by atoms with Crippen molar-refractivity contribution in [1.29, 1.82) is 0 Å². The first-order chi connectivity index (χ1) is 10.8. The number of hydrogen-bond acceptors (Lipinski definition) is 2. The SMILES string of the molecule is CCC(=O)N1CC[C@H](NC(=O)N[C@@H]2CCC[C@H](C(F)(F)F)C2)C1. The molecule has 0 aromatic heterocycles. The van der Waals surface area contributed by atoms with E-state index in [-0.39, 0.29) is 24.8 Å². The lowest BCUT2D eigenvalue weighted by Gasteiger charge is -2.31. The minimum absolute atomic E-state index is 0.0509. The highest BCUT2D eigenvalue weighted by Gasteiger charge is 2.42. The summed E-state index contributed by atoms with van der Waals surface area (Å²) >= 11 is 0. The van der Waals surface area contributed by atoms with E-state index in [0.29, 0.717) is 38.8 Å². The molecule has 0 unspecified atom stereocenters. The number of amides is 3. The largest absolute Gasteiger partial charge is 0.391 e. The molecule has 2 fully saturated rings. The maximum absolute atomic E-state index is 12.8. The van der Waals surface area contributed by atoms with Gasteiger partial charge in [-0.2, -0.15) is 13.2 Å². The van der Waals surface area contributed by atoms with Crippen LogP contribution in [0.15, 0.2) is 0 Å². The molecule has 2 aliphatic rings. The van der Waals surface area contributed by atoms with E-state index in [9.17, 15) is 22.8 Å². The van der Waals surface area contributed by atoms with Crippen LogP contribution in [0.1, 0.15) is 45.4 Å². The molecular weight excluding hydrogens is 311 g/mol. The van der Waals surface area contributed by atoms with Gasteiger partial charge in [-0.1, -0.05) is 13.3 Å². The van der Waals surface area contributed by atoms with E-state index < -0.39 is 24.2 Å². The Balaban J connectivity index is 1.76. The third-order valence-corrected chi connectivity index (χ3v) is 4.65. The summed E-state index contributed by atoms with van der Waals surface area (Å²) in [5.74, 6) is -1.28. The number of nitrogens with zero attached hydrogens (tertiary/aromatic N) is 1. The zero-order valence-electron chi connectivity index (χ0n) is 13.3. The molecule has 132 valence electrons. The molecule has 1 aliphatic carbocycles. The van der Waals surface area contributed by atoms with Gasteiger partial charge in [0.25, 0.3) is 0 Å². The van der Waals surface area contributed by atoms with Crippen LogP contribution in [0.4, 0.5) is 18.0 Å². The van der Waals surface area contributed by atoms with Crippen LogP contribution >= 0.6 is 0 Å². The molecule has 1 heterocycles. The average Bonchev–Trinajstić information content (AvgIpc) is 2.94. The highest BCUT2D eigenvalue weighted by Crippen LogP contribution is 2.37. The monoisotopic (exact) mass is 335 g/mol.